The van der Waals surface area contributed by atoms with Crippen molar-refractivity contribution in [2.75, 3.05) is 6.61 Å². The second-order valence-electron chi connectivity index (χ2n) is 4.46. The van der Waals surface area contributed by atoms with Crippen LogP contribution >= 0.6 is 27.3 Å². The van der Waals surface area contributed by atoms with Crippen molar-refractivity contribution in [3.8, 4) is 11.5 Å². The van der Waals surface area contributed by atoms with Crippen LogP contribution in [0, 0.1) is 0 Å². The number of fused-ring (bicyclic) bond motifs is 1. The molecule has 104 valence electrons. The number of aromatic carboxylic acids is 1. The Morgan fingerprint density at radius 3 is 3.10 bits per heavy atom. The molecule has 1 atom stereocenters. The molecule has 0 aliphatic carbocycles. The van der Waals surface area contributed by atoms with E-state index < -0.39 is 5.97 Å². The summed E-state index contributed by atoms with van der Waals surface area (Å²) < 4.78 is 12.4. The van der Waals surface area contributed by atoms with Crippen molar-refractivity contribution in [1.82, 2.24) is 0 Å². The zero-order valence-electron chi connectivity index (χ0n) is 10.3. The zero-order chi connectivity index (χ0) is 14.1. The van der Waals surface area contributed by atoms with E-state index in [-0.39, 0.29) is 11.0 Å². The normalized spacial score (nSPS) is 16.6. The van der Waals surface area contributed by atoms with E-state index in [9.17, 15) is 4.79 Å². The van der Waals surface area contributed by atoms with Crippen molar-refractivity contribution in [3.63, 3.8) is 0 Å². The monoisotopic (exact) mass is 354 g/mol. The highest BCUT2D eigenvalue weighted by molar-refractivity contribution is 9.10. The molecule has 0 saturated heterocycles. The van der Waals surface area contributed by atoms with E-state index in [2.05, 4.69) is 15.9 Å². The Hall–Kier alpha value is -1.53. The molecule has 1 N–H and O–H groups in total. The number of carboxylic acid groups (broad SMARTS) is 1. The Bertz CT molecular complexity index is 652. The summed E-state index contributed by atoms with van der Waals surface area (Å²) in [5.74, 6) is 0.533. The standard InChI is InChI=1S/C14H11BrO4S/c15-9-1-2-12-8(3-9)4-10(19-12)6-18-11-5-13(14(16)17)20-7-11/h1-3,5,7,10H,4,6H2,(H,16,17). The molecule has 4 nitrogen and oxygen atoms in total. The third kappa shape index (κ3) is 2.81. The maximum absolute atomic E-state index is 10.8. The van der Waals surface area contributed by atoms with Crippen LogP contribution in [0.1, 0.15) is 15.2 Å². The number of rotatable bonds is 4. The van der Waals surface area contributed by atoms with Crippen molar-refractivity contribution >= 4 is 33.2 Å². The predicted octanol–water partition coefficient (Wildman–Crippen LogP) is 3.59. The number of hydrogen-bond donors (Lipinski definition) is 1. The first kappa shape index (κ1) is 13.5. The molecule has 1 aromatic carbocycles. The maximum atomic E-state index is 10.8. The number of carbonyl (C=O) groups is 1. The molecule has 0 fully saturated rings. The van der Waals surface area contributed by atoms with Crippen LogP contribution in [-0.4, -0.2) is 23.8 Å². The lowest BCUT2D eigenvalue weighted by Crippen LogP contribution is -2.22. The van der Waals surface area contributed by atoms with Crippen molar-refractivity contribution < 1.29 is 19.4 Å². The zero-order valence-corrected chi connectivity index (χ0v) is 12.7. The minimum absolute atomic E-state index is 0.0347. The first-order valence-corrected chi connectivity index (χ1v) is 7.69. The third-order valence-corrected chi connectivity index (χ3v) is 4.38. The number of thiophene rings is 1. The van der Waals surface area contributed by atoms with E-state index in [0.717, 1.165) is 33.5 Å². The molecule has 0 saturated carbocycles. The van der Waals surface area contributed by atoms with Gasteiger partial charge < -0.3 is 14.6 Å². The minimum Gasteiger partial charge on any atom is -0.489 e. The van der Waals surface area contributed by atoms with Gasteiger partial charge in [-0.1, -0.05) is 15.9 Å². The molecular formula is C14H11BrO4S. The first-order chi connectivity index (χ1) is 9.61. The molecule has 1 unspecified atom stereocenters. The molecule has 1 aliphatic heterocycles. The summed E-state index contributed by atoms with van der Waals surface area (Å²) >= 11 is 4.59. The Morgan fingerprint density at radius 1 is 1.50 bits per heavy atom. The van der Waals surface area contributed by atoms with Gasteiger partial charge >= 0.3 is 5.97 Å². The fourth-order valence-corrected chi connectivity index (χ4v) is 3.15. The second-order valence-corrected chi connectivity index (χ2v) is 6.29. The summed E-state index contributed by atoms with van der Waals surface area (Å²) in [5.41, 5.74) is 1.16. The lowest BCUT2D eigenvalue weighted by Gasteiger charge is -2.11. The number of carboxylic acids is 1. The molecule has 2 heterocycles. The van der Waals surface area contributed by atoms with Gasteiger partial charge in [-0.05, 0) is 23.8 Å². The third-order valence-electron chi connectivity index (χ3n) is 2.99. The van der Waals surface area contributed by atoms with E-state index in [0.29, 0.717) is 12.4 Å². The van der Waals surface area contributed by atoms with Crippen molar-refractivity contribution in [3.05, 3.63) is 44.6 Å². The van der Waals surface area contributed by atoms with Crippen LogP contribution in [0.5, 0.6) is 11.5 Å². The van der Waals surface area contributed by atoms with Crippen LogP contribution in [0.4, 0.5) is 0 Å². The van der Waals surface area contributed by atoms with Crippen molar-refractivity contribution in [1.29, 1.82) is 0 Å². The molecule has 6 heteroatoms. The van der Waals surface area contributed by atoms with Crippen LogP contribution in [0.2, 0.25) is 0 Å². The van der Waals surface area contributed by atoms with Gasteiger partial charge in [-0.2, -0.15) is 0 Å². The summed E-state index contributed by atoms with van der Waals surface area (Å²) in [6, 6.07) is 7.46. The van der Waals surface area contributed by atoms with Crippen molar-refractivity contribution in [2.45, 2.75) is 12.5 Å². The lowest BCUT2D eigenvalue weighted by atomic mass is 10.1. The van der Waals surface area contributed by atoms with Crippen LogP contribution in [0.15, 0.2) is 34.1 Å². The maximum Gasteiger partial charge on any atom is 0.346 e. The van der Waals surface area contributed by atoms with Gasteiger partial charge in [-0.15, -0.1) is 11.3 Å². The summed E-state index contributed by atoms with van der Waals surface area (Å²) in [6.45, 7) is 0.405. The van der Waals surface area contributed by atoms with Crippen LogP contribution in [0.25, 0.3) is 0 Å². The molecule has 0 bridgehead atoms. The molecule has 1 aliphatic rings. The molecule has 2 aromatic rings. The Kier molecular flexibility index (Phi) is 3.67. The molecule has 3 rings (SSSR count). The molecule has 0 spiro atoms. The Balaban J connectivity index is 1.59. The Labute approximate surface area is 128 Å². The topological polar surface area (TPSA) is 55.8 Å². The van der Waals surface area contributed by atoms with Gasteiger partial charge in [0.2, 0.25) is 0 Å². The van der Waals surface area contributed by atoms with E-state index in [1.807, 2.05) is 18.2 Å². The van der Waals surface area contributed by atoms with Crippen molar-refractivity contribution in [2.24, 2.45) is 0 Å². The van der Waals surface area contributed by atoms with E-state index in [1.54, 1.807) is 5.38 Å². The van der Waals surface area contributed by atoms with Gasteiger partial charge in [-0.3, -0.25) is 0 Å². The van der Waals surface area contributed by atoms with E-state index in [4.69, 9.17) is 14.6 Å². The van der Waals surface area contributed by atoms with Gasteiger partial charge in [0.25, 0.3) is 0 Å². The fourth-order valence-electron chi connectivity index (χ4n) is 2.08. The number of ether oxygens (including phenoxy) is 2. The van der Waals surface area contributed by atoms with E-state index >= 15 is 0 Å². The SMILES string of the molecule is O=C(O)c1cc(OCC2Cc3cc(Br)ccc3O2)cs1. The quantitative estimate of drug-likeness (QED) is 0.911. The Morgan fingerprint density at radius 2 is 2.35 bits per heavy atom. The summed E-state index contributed by atoms with van der Waals surface area (Å²) in [6.07, 6.45) is 0.762. The summed E-state index contributed by atoms with van der Waals surface area (Å²) in [4.78, 5) is 11.1. The van der Waals surface area contributed by atoms with Gasteiger partial charge in [0.15, 0.2) is 0 Å². The molecular weight excluding hydrogens is 344 g/mol. The number of hydrogen-bond acceptors (Lipinski definition) is 4. The number of benzene rings is 1. The van der Waals surface area contributed by atoms with Gasteiger partial charge in [-0.25, -0.2) is 4.79 Å². The van der Waals surface area contributed by atoms with Crippen LogP contribution in [0.3, 0.4) is 0 Å². The van der Waals surface area contributed by atoms with Crippen LogP contribution < -0.4 is 9.47 Å². The summed E-state index contributed by atoms with van der Waals surface area (Å²) in [7, 11) is 0. The molecule has 20 heavy (non-hydrogen) atoms. The minimum atomic E-state index is -0.931. The fraction of sp³-hybridized carbons (Fsp3) is 0.214. The smallest absolute Gasteiger partial charge is 0.346 e. The average Bonchev–Trinajstić information content (AvgIpc) is 3.01. The first-order valence-electron chi connectivity index (χ1n) is 6.01. The second kappa shape index (κ2) is 5.46. The highest BCUT2D eigenvalue weighted by Crippen LogP contribution is 2.31. The lowest BCUT2D eigenvalue weighted by molar-refractivity contribution is 0.0701. The largest absolute Gasteiger partial charge is 0.489 e. The molecule has 0 radical (unpaired) electrons. The molecule has 1 aromatic heterocycles. The highest BCUT2D eigenvalue weighted by atomic mass is 79.9. The van der Waals surface area contributed by atoms with E-state index in [1.165, 1.54) is 6.07 Å². The molecule has 0 amide bonds. The number of halogens is 1. The average molecular weight is 355 g/mol. The highest BCUT2D eigenvalue weighted by Gasteiger charge is 2.23. The predicted molar refractivity (Wildman–Crippen MR) is 79.0 cm³/mol. The van der Waals surface area contributed by atoms with Gasteiger partial charge in [0, 0.05) is 22.3 Å². The van der Waals surface area contributed by atoms with Gasteiger partial charge in [0.1, 0.15) is 29.1 Å². The summed E-state index contributed by atoms with van der Waals surface area (Å²) in [5, 5.41) is 10.5. The van der Waals surface area contributed by atoms with Gasteiger partial charge in [0.05, 0.1) is 0 Å². The van der Waals surface area contributed by atoms with Crippen LogP contribution in [-0.2, 0) is 6.42 Å².